The van der Waals surface area contributed by atoms with Crippen LogP contribution in [0.4, 0.5) is 5.69 Å². The fourth-order valence-electron chi connectivity index (χ4n) is 2.24. The third-order valence-electron chi connectivity index (χ3n) is 3.31. The van der Waals surface area contributed by atoms with Crippen LogP contribution in [-0.2, 0) is 17.6 Å². The molecule has 2 aliphatic rings. The van der Waals surface area contributed by atoms with Crippen LogP contribution < -0.4 is 5.32 Å². The summed E-state index contributed by atoms with van der Waals surface area (Å²) in [4.78, 5) is 11.6. The van der Waals surface area contributed by atoms with Crippen molar-refractivity contribution in [3.8, 4) is 0 Å². The maximum atomic E-state index is 11.6. The highest BCUT2D eigenvalue weighted by Crippen LogP contribution is 2.31. The molecule has 0 bridgehead atoms. The van der Waals surface area contributed by atoms with Gasteiger partial charge < -0.3 is 5.32 Å². The molecule has 0 heterocycles. The molecule has 0 unspecified atom stereocenters. The summed E-state index contributed by atoms with van der Waals surface area (Å²) in [6.45, 7) is 0. The van der Waals surface area contributed by atoms with E-state index in [4.69, 9.17) is 0 Å². The Labute approximate surface area is 89.7 Å². The van der Waals surface area contributed by atoms with E-state index in [0.717, 1.165) is 18.5 Å². The number of hydrogen-bond acceptors (Lipinski definition) is 1. The molecule has 15 heavy (non-hydrogen) atoms. The molecule has 1 aromatic rings. The molecule has 0 aromatic heterocycles. The Balaban J connectivity index is 1.77. The lowest BCUT2D eigenvalue weighted by Gasteiger charge is -2.06. The van der Waals surface area contributed by atoms with Gasteiger partial charge in [-0.25, -0.2) is 0 Å². The van der Waals surface area contributed by atoms with E-state index in [1.54, 1.807) is 0 Å². The third-order valence-corrected chi connectivity index (χ3v) is 3.31. The quantitative estimate of drug-likeness (QED) is 0.782. The summed E-state index contributed by atoms with van der Waals surface area (Å²) in [6.07, 6.45) is 5.76. The minimum Gasteiger partial charge on any atom is -0.326 e. The molecule has 1 fully saturated rings. The zero-order chi connectivity index (χ0) is 10.3. The van der Waals surface area contributed by atoms with Gasteiger partial charge in [0, 0.05) is 11.6 Å². The number of carbonyl (C=O) groups excluding carboxylic acids is 1. The lowest BCUT2D eigenvalue weighted by Crippen LogP contribution is -2.13. The first-order valence-electron chi connectivity index (χ1n) is 5.75. The second-order valence-electron chi connectivity index (χ2n) is 4.60. The van der Waals surface area contributed by atoms with Gasteiger partial charge in [0.15, 0.2) is 0 Å². The van der Waals surface area contributed by atoms with Crippen molar-refractivity contribution in [2.24, 2.45) is 5.92 Å². The number of benzene rings is 1. The predicted molar refractivity (Wildman–Crippen MR) is 59.8 cm³/mol. The Hall–Kier alpha value is -1.31. The molecule has 0 spiro atoms. The highest BCUT2D eigenvalue weighted by atomic mass is 16.2. The number of nitrogens with one attached hydrogen (secondary N) is 1. The molecule has 1 saturated carbocycles. The van der Waals surface area contributed by atoms with E-state index < -0.39 is 0 Å². The molecule has 2 aliphatic carbocycles. The largest absolute Gasteiger partial charge is 0.326 e. The number of amides is 1. The van der Waals surface area contributed by atoms with Crippen LogP contribution in [0.5, 0.6) is 0 Å². The molecule has 1 aromatic carbocycles. The minimum atomic E-state index is 0.202. The van der Waals surface area contributed by atoms with Crippen LogP contribution in [0, 0.1) is 5.92 Å². The lowest BCUT2D eigenvalue weighted by atomic mass is 10.1. The van der Waals surface area contributed by atoms with E-state index in [9.17, 15) is 4.79 Å². The van der Waals surface area contributed by atoms with Gasteiger partial charge in [0.25, 0.3) is 0 Å². The van der Waals surface area contributed by atoms with Crippen molar-refractivity contribution in [3.05, 3.63) is 29.3 Å². The summed E-state index contributed by atoms with van der Waals surface area (Å²) < 4.78 is 0. The summed E-state index contributed by atoms with van der Waals surface area (Å²) in [7, 11) is 0. The molecular formula is C13H15NO. The number of carbonyl (C=O) groups is 1. The molecule has 1 N–H and O–H groups in total. The second kappa shape index (κ2) is 3.37. The fourth-order valence-corrected chi connectivity index (χ4v) is 2.24. The topological polar surface area (TPSA) is 29.1 Å². The Morgan fingerprint density at radius 3 is 2.80 bits per heavy atom. The molecule has 2 nitrogen and oxygen atoms in total. The molecule has 2 heteroatoms. The highest BCUT2D eigenvalue weighted by Gasteiger charge is 2.29. The normalized spacial score (nSPS) is 18.7. The van der Waals surface area contributed by atoms with Gasteiger partial charge in [-0.15, -0.1) is 0 Å². The van der Waals surface area contributed by atoms with Crippen LogP contribution in [-0.4, -0.2) is 5.91 Å². The third kappa shape index (κ3) is 1.76. The Morgan fingerprint density at radius 1 is 1.20 bits per heavy atom. The SMILES string of the molecule is O=C(Nc1ccc2c(c1)CCC2)C1CC1. The Bertz CT molecular complexity index is 407. The molecule has 78 valence electrons. The van der Waals surface area contributed by atoms with Crippen LogP contribution in [0.25, 0.3) is 0 Å². The van der Waals surface area contributed by atoms with E-state index >= 15 is 0 Å². The molecule has 3 rings (SSSR count). The van der Waals surface area contributed by atoms with Crippen molar-refractivity contribution in [1.29, 1.82) is 0 Å². The molecule has 0 radical (unpaired) electrons. The van der Waals surface area contributed by atoms with Gasteiger partial charge in [0.05, 0.1) is 0 Å². The van der Waals surface area contributed by atoms with Crippen LogP contribution in [0.2, 0.25) is 0 Å². The number of hydrogen-bond donors (Lipinski definition) is 1. The average molecular weight is 201 g/mol. The van der Waals surface area contributed by atoms with Gasteiger partial charge in [0.2, 0.25) is 5.91 Å². The number of rotatable bonds is 2. The van der Waals surface area contributed by atoms with Crippen LogP contribution >= 0.6 is 0 Å². The summed E-state index contributed by atoms with van der Waals surface area (Å²) in [5.41, 5.74) is 3.86. The van der Waals surface area contributed by atoms with E-state index in [0.29, 0.717) is 5.92 Å². The van der Waals surface area contributed by atoms with Crippen molar-refractivity contribution in [2.75, 3.05) is 5.32 Å². The second-order valence-corrected chi connectivity index (χ2v) is 4.60. The van der Waals surface area contributed by atoms with Gasteiger partial charge in [0.1, 0.15) is 0 Å². The first-order valence-corrected chi connectivity index (χ1v) is 5.75. The average Bonchev–Trinajstić information content (AvgIpc) is 2.98. The monoisotopic (exact) mass is 201 g/mol. The zero-order valence-electron chi connectivity index (χ0n) is 8.75. The molecule has 0 aliphatic heterocycles. The lowest BCUT2D eigenvalue weighted by molar-refractivity contribution is -0.117. The van der Waals surface area contributed by atoms with Crippen molar-refractivity contribution in [2.45, 2.75) is 32.1 Å². The van der Waals surface area contributed by atoms with E-state index in [1.807, 2.05) is 6.07 Å². The molecular weight excluding hydrogens is 186 g/mol. The summed E-state index contributed by atoms with van der Waals surface area (Å²) in [5.74, 6) is 0.492. The highest BCUT2D eigenvalue weighted by molar-refractivity contribution is 5.94. The molecule has 0 atom stereocenters. The van der Waals surface area contributed by atoms with Crippen molar-refractivity contribution in [1.82, 2.24) is 0 Å². The maximum Gasteiger partial charge on any atom is 0.227 e. The van der Waals surface area contributed by atoms with Crippen molar-refractivity contribution in [3.63, 3.8) is 0 Å². The van der Waals surface area contributed by atoms with E-state index in [2.05, 4.69) is 17.4 Å². The molecule has 1 amide bonds. The van der Waals surface area contributed by atoms with Crippen molar-refractivity contribution >= 4 is 11.6 Å². The van der Waals surface area contributed by atoms with Crippen molar-refractivity contribution < 1.29 is 4.79 Å². The number of anilines is 1. The zero-order valence-corrected chi connectivity index (χ0v) is 8.75. The summed E-state index contributed by atoms with van der Waals surface area (Å²) in [5, 5.41) is 2.99. The van der Waals surface area contributed by atoms with Gasteiger partial charge in [-0.05, 0) is 55.4 Å². The van der Waals surface area contributed by atoms with Gasteiger partial charge in [-0.1, -0.05) is 6.07 Å². The van der Waals surface area contributed by atoms with Gasteiger partial charge in [-0.2, -0.15) is 0 Å². The Kier molecular flexibility index (Phi) is 2.01. The smallest absolute Gasteiger partial charge is 0.227 e. The predicted octanol–water partition coefficient (Wildman–Crippen LogP) is 2.52. The van der Waals surface area contributed by atoms with Crippen LogP contribution in [0.1, 0.15) is 30.4 Å². The van der Waals surface area contributed by atoms with Gasteiger partial charge in [-0.3, -0.25) is 4.79 Å². The molecule has 0 saturated heterocycles. The summed E-state index contributed by atoms with van der Waals surface area (Å²) in [6, 6.07) is 6.33. The van der Waals surface area contributed by atoms with E-state index in [-0.39, 0.29) is 5.91 Å². The minimum absolute atomic E-state index is 0.202. The fraction of sp³-hybridized carbons (Fsp3) is 0.462. The van der Waals surface area contributed by atoms with Crippen LogP contribution in [0.15, 0.2) is 18.2 Å². The standard InChI is InChI=1S/C13H15NO/c15-13(10-4-5-10)14-12-7-6-9-2-1-3-11(9)8-12/h6-8,10H,1-5H2,(H,14,15). The first kappa shape index (κ1) is 8.96. The van der Waals surface area contributed by atoms with Crippen LogP contribution in [0.3, 0.4) is 0 Å². The first-order chi connectivity index (χ1) is 7.33. The maximum absolute atomic E-state index is 11.6. The number of fused-ring (bicyclic) bond motifs is 1. The van der Waals surface area contributed by atoms with E-state index in [1.165, 1.54) is 30.4 Å². The van der Waals surface area contributed by atoms with Gasteiger partial charge >= 0.3 is 0 Å². The summed E-state index contributed by atoms with van der Waals surface area (Å²) >= 11 is 0. The Morgan fingerprint density at radius 2 is 2.00 bits per heavy atom. The number of aryl methyl sites for hydroxylation is 2.